The van der Waals surface area contributed by atoms with Gasteiger partial charge in [-0.2, -0.15) is 5.26 Å². The zero-order chi connectivity index (χ0) is 18.3. The Labute approximate surface area is 141 Å². The molecule has 0 radical (unpaired) electrons. The summed E-state index contributed by atoms with van der Waals surface area (Å²) < 4.78 is 4.75. The number of nitriles is 1. The minimum Gasteiger partial charge on any atom is -0.506 e. The summed E-state index contributed by atoms with van der Waals surface area (Å²) in [6, 6.07) is 2.91. The molecule has 0 saturated carbocycles. The highest BCUT2D eigenvalue weighted by atomic mass is 16.5. The average molecular weight is 327 g/mol. The van der Waals surface area contributed by atoms with Crippen molar-refractivity contribution in [2.45, 2.75) is 26.7 Å². The van der Waals surface area contributed by atoms with Gasteiger partial charge in [-0.15, -0.1) is 0 Å². The fourth-order valence-corrected chi connectivity index (χ4v) is 2.42. The van der Waals surface area contributed by atoms with Crippen molar-refractivity contribution >= 4 is 11.5 Å². The number of allylic oxidation sites excluding steroid dienone is 5. The molecular formula is C19H21NO4. The Hall–Kier alpha value is -3.00. The predicted octanol–water partition coefficient (Wildman–Crippen LogP) is 4.07. The molecule has 5 heteroatoms. The molecule has 0 aliphatic rings. The van der Waals surface area contributed by atoms with E-state index in [1.54, 1.807) is 24.3 Å². The van der Waals surface area contributed by atoms with E-state index in [0.717, 1.165) is 18.1 Å². The van der Waals surface area contributed by atoms with Crippen LogP contribution in [-0.4, -0.2) is 23.3 Å². The Morgan fingerprint density at radius 3 is 2.62 bits per heavy atom. The van der Waals surface area contributed by atoms with E-state index in [2.05, 4.69) is 6.58 Å². The Morgan fingerprint density at radius 1 is 1.46 bits per heavy atom. The zero-order valence-electron chi connectivity index (χ0n) is 14.1. The van der Waals surface area contributed by atoms with E-state index in [0.29, 0.717) is 12.0 Å². The molecule has 0 bridgehead atoms. The molecule has 0 fully saturated rings. The average Bonchev–Trinajstić information content (AvgIpc) is 2.57. The lowest BCUT2D eigenvalue weighted by Gasteiger charge is -2.17. The summed E-state index contributed by atoms with van der Waals surface area (Å²) in [7, 11) is 1.21. The number of phenolic OH excluding ortho intramolecular Hbond substituents is 2. The summed E-state index contributed by atoms with van der Waals surface area (Å²) in [5.41, 5.74) is 1.47. The molecule has 0 aliphatic carbocycles. The van der Waals surface area contributed by atoms with Crippen molar-refractivity contribution in [1.29, 1.82) is 5.26 Å². The maximum atomic E-state index is 12.1. The normalized spacial score (nSPS) is 11.8. The van der Waals surface area contributed by atoms with Gasteiger partial charge in [0.2, 0.25) is 0 Å². The van der Waals surface area contributed by atoms with E-state index >= 15 is 0 Å². The molecule has 0 aliphatic heterocycles. The molecule has 1 rings (SSSR count). The van der Waals surface area contributed by atoms with Crippen molar-refractivity contribution in [3.8, 4) is 17.6 Å². The first-order chi connectivity index (χ1) is 11.4. The molecule has 2 N–H and O–H groups in total. The van der Waals surface area contributed by atoms with Crippen molar-refractivity contribution in [3.05, 3.63) is 53.1 Å². The molecule has 0 unspecified atom stereocenters. The van der Waals surface area contributed by atoms with Gasteiger partial charge in [-0.3, -0.25) is 0 Å². The Balaban J connectivity index is 3.87. The number of esters is 1. The summed E-state index contributed by atoms with van der Waals surface area (Å²) in [5.74, 6) is -1.59. The first-order valence-electron chi connectivity index (χ1n) is 7.49. The smallest absolute Gasteiger partial charge is 0.338 e. The number of carbonyl (C=O) groups is 1. The molecule has 0 spiro atoms. The number of benzene rings is 1. The Kier molecular flexibility index (Phi) is 6.81. The summed E-state index contributed by atoms with van der Waals surface area (Å²) in [6.07, 6.45) is 6.49. The third-order valence-corrected chi connectivity index (χ3v) is 3.56. The number of hydrogen-bond acceptors (Lipinski definition) is 5. The summed E-state index contributed by atoms with van der Waals surface area (Å²) >= 11 is 0. The van der Waals surface area contributed by atoms with Gasteiger partial charge < -0.3 is 14.9 Å². The van der Waals surface area contributed by atoms with Gasteiger partial charge >= 0.3 is 5.97 Å². The molecule has 0 amide bonds. The van der Waals surface area contributed by atoms with Crippen LogP contribution in [0.25, 0.3) is 5.57 Å². The lowest BCUT2D eigenvalue weighted by atomic mass is 9.89. The van der Waals surface area contributed by atoms with E-state index in [-0.39, 0.29) is 16.7 Å². The van der Waals surface area contributed by atoms with Gasteiger partial charge in [-0.25, -0.2) is 4.79 Å². The molecule has 1 aromatic rings. The third-order valence-electron chi connectivity index (χ3n) is 3.56. The van der Waals surface area contributed by atoms with Crippen LogP contribution in [0.5, 0.6) is 11.5 Å². The highest BCUT2D eigenvalue weighted by molar-refractivity contribution is 5.99. The van der Waals surface area contributed by atoms with Crippen LogP contribution in [0, 0.1) is 11.3 Å². The van der Waals surface area contributed by atoms with Gasteiger partial charge in [-0.1, -0.05) is 38.2 Å². The number of ether oxygens (including phenoxy) is 1. The van der Waals surface area contributed by atoms with Gasteiger partial charge in [0.25, 0.3) is 0 Å². The van der Waals surface area contributed by atoms with E-state index in [4.69, 9.17) is 4.74 Å². The van der Waals surface area contributed by atoms with Gasteiger partial charge in [0.15, 0.2) is 0 Å². The van der Waals surface area contributed by atoms with Crippen LogP contribution < -0.4 is 0 Å². The first-order valence-corrected chi connectivity index (χ1v) is 7.49. The molecular weight excluding hydrogens is 306 g/mol. The quantitative estimate of drug-likeness (QED) is 0.607. The predicted molar refractivity (Wildman–Crippen MR) is 92.7 cm³/mol. The Bertz CT molecular complexity index is 752. The van der Waals surface area contributed by atoms with Crippen LogP contribution in [-0.2, 0) is 4.74 Å². The molecule has 1 aromatic carbocycles. The summed E-state index contributed by atoms with van der Waals surface area (Å²) in [4.78, 5) is 12.1. The van der Waals surface area contributed by atoms with Gasteiger partial charge in [-0.05, 0) is 30.6 Å². The molecule has 0 heterocycles. The SMILES string of the molecule is C=C/C=C\C(C)=C(/CCC)c1c(C(=O)OC)cc(O)c(C#N)c1O. The highest BCUT2D eigenvalue weighted by Crippen LogP contribution is 2.40. The van der Waals surface area contributed by atoms with Crippen molar-refractivity contribution < 1.29 is 19.7 Å². The van der Waals surface area contributed by atoms with Crippen molar-refractivity contribution in [1.82, 2.24) is 0 Å². The third kappa shape index (κ3) is 3.85. The van der Waals surface area contributed by atoms with Crippen LogP contribution in [0.2, 0.25) is 0 Å². The fourth-order valence-electron chi connectivity index (χ4n) is 2.42. The van der Waals surface area contributed by atoms with Gasteiger partial charge in [0.05, 0.1) is 12.7 Å². The topological polar surface area (TPSA) is 90.5 Å². The molecule has 126 valence electrons. The lowest BCUT2D eigenvalue weighted by Crippen LogP contribution is -2.07. The van der Waals surface area contributed by atoms with Crippen LogP contribution in [0.3, 0.4) is 0 Å². The van der Waals surface area contributed by atoms with Crippen LogP contribution in [0.15, 0.2) is 36.4 Å². The number of phenols is 2. The van der Waals surface area contributed by atoms with Crippen LogP contribution in [0.1, 0.15) is 48.2 Å². The van der Waals surface area contributed by atoms with E-state index in [9.17, 15) is 20.3 Å². The monoisotopic (exact) mass is 327 g/mol. The standard InChI is InChI=1S/C19H21NO4/c1-5-7-9-12(3)13(8-6-2)17-14(19(23)24-4)10-16(21)15(11-20)18(17)22/h5,7,9-10,21-22H,1,6,8H2,2-4H3/b9-7-,13-12+. The summed E-state index contributed by atoms with van der Waals surface area (Å²) in [6.45, 7) is 7.42. The molecule has 5 nitrogen and oxygen atoms in total. The van der Waals surface area contributed by atoms with Crippen LogP contribution in [0.4, 0.5) is 0 Å². The Morgan fingerprint density at radius 2 is 2.12 bits per heavy atom. The van der Waals surface area contributed by atoms with Crippen molar-refractivity contribution in [2.24, 2.45) is 0 Å². The zero-order valence-corrected chi connectivity index (χ0v) is 14.1. The number of nitrogens with zero attached hydrogens (tertiary/aromatic N) is 1. The van der Waals surface area contributed by atoms with E-state index in [1.807, 2.05) is 13.8 Å². The second-order valence-electron chi connectivity index (χ2n) is 5.15. The maximum absolute atomic E-state index is 12.1. The van der Waals surface area contributed by atoms with Crippen molar-refractivity contribution in [2.75, 3.05) is 7.11 Å². The molecule has 24 heavy (non-hydrogen) atoms. The molecule has 0 saturated heterocycles. The number of carbonyl (C=O) groups excluding carboxylic acids is 1. The summed E-state index contributed by atoms with van der Waals surface area (Å²) in [5, 5.41) is 29.6. The van der Waals surface area contributed by atoms with E-state index in [1.165, 1.54) is 7.11 Å². The van der Waals surface area contributed by atoms with Crippen molar-refractivity contribution in [3.63, 3.8) is 0 Å². The maximum Gasteiger partial charge on any atom is 0.338 e. The minimum atomic E-state index is -0.700. The second kappa shape index (κ2) is 8.59. The highest BCUT2D eigenvalue weighted by Gasteiger charge is 2.25. The molecule has 0 aromatic heterocycles. The largest absolute Gasteiger partial charge is 0.506 e. The first kappa shape index (κ1) is 19.0. The molecule has 0 atom stereocenters. The number of rotatable bonds is 6. The number of hydrogen-bond donors (Lipinski definition) is 2. The van der Waals surface area contributed by atoms with Gasteiger partial charge in [0.1, 0.15) is 23.1 Å². The van der Waals surface area contributed by atoms with Crippen LogP contribution >= 0.6 is 0 Å². The fraction of sp³-hybridized carbons (Fsp3) is 0.263. The van der Waals surface area contributed by atoms with Gasteiger partial charge in [0, 0.05) is 5.56 Å². The lowest BCUT2D eigenvalue weighted by molar-refractivity contribution is 0.0599. The second-order valence-corrected chi connectivity index (χ2v) is 5.15. The number of methoxy groups -OCH3 is 1. The minimum absolute atomic E-state index is 0.0151. The number of aromatic hydroxyl groups is 2. The van der Waals surface area contributed by atoms with E-state index < -0.39 is 17.5 Å².